The van der Waals surface area contributed by atoms with Crippen LogP contribution in [0.1, 0.15) is 35.8 Å². The third kappa shape index (κ3) is 3.41. The smallest absolute Gasteiger partial charge is 0.227 e. The fourth-order valence-corrected chi connectivity index (χ4v) is 3.16. The molecule has 1 aliphatic heterocycles. The van der Waals surface area contributed by atoms with Crippen molar-refractivity contribution in [2.45, 2.75) is 31.9 Å². The molecule has 1 amide bonds. The average molecular weight is 329 g/mol. The Bertz CT molecular complexity index is 708. The number of carbonyl (C=O) groups is 1. The van der Waals surface area contributed by atoms with Crippen molar-refractivity contribution in [1.29, 1.82) is 0 Å². The number of anilines is 1. The molecule has 1 saturated heterocycles. The molecular weight excluding hydrogens is 306 g/mol. The summed E-state index contributed by atoms with van der Waals surface area (Å²) in [5.41, 5.74) is 7.84. The zero-order valence-corrected chi connectivity index (χ0v) is 14.1. The van der Waals surface area contributed by atoms with Gasteiger partial charge in [0.1, 0.15) is 0 Å². The van der Waals surface area contributed by atoms with E-state index in [0.717, 1.165) is 30.5 Å². The molecular formula is C17H23N5O2. The molecule has 7 nitrogen and oxygen atoms in total. The molecule has 2 heterocycles. The maximum Gasteiger partial charge on any atom is 0.227 e. The van der Waals surface area contributed by atoms with Gasteiger partial charge in [0.05, 0.1) is 19.1 Å². The van der Waals surface area contributed by atoms with Gasteiger partial charge in [0, 0.05) is 20.7 Å². The van der Waals surface area contributed by atoms with E-state index in [1.54, 1.807) is 18.8 Å². The van der Waals surface area contributed by atoms with E-state index < -0.39 is 0 Å². The second kappa shape index (κ2) is 7.00. The van der Waals surface area contributed by atoms with Crippen molar-refractivity contribution in [2.24, 2.45) is 7.05 Å². The third-order valence-electron chi connectivity index (χ3n) is 4.34. The van der Waals surface area contributed by atoms with Crippen molar-refractivity contribution in [3.8, 4) is 0 Å². The predicted octanol–water partition coefficient (Wildman–Crippen LogP) is 1.45. The first-order chi connectivity index (χ1) is 11.6. The standard InChI is InChI=1S/C17H23N5O2/c1-21-17(18)19-16(20-21)14-7-4-8-22(14)15(23)10-12-5-3-6-13(9-12)11-24-2/h3,5-6,9,14H,4,7-8,10-11H2,1-2H3,(H2,18,19,20). The largest absolute Gasteiger partial charge is 0.380 e. The van der Waals surface area contributed by atoms with Crippen LogP contribution in [0.4, 0.5) is 5.95 Å². The highest BCUT2D eigenvalue weighted by Crippen LogP contribution is 2.30. The molecule has 0 radical (unpaired) electrons. The van der Waals surface area contributed by atoms with Crippen molar-refractivity contribution in [2.75, 3.05) is 19.4 Å². The van der Waals surface area contributed by atoms with E-state index >= 15 is 0 Å². The molecule has 0 aliphatic carbocycles. The molecule has 0 bridgehead atoms. The number of carbonyl (C=O) groups excluding carboxylic acids is 1. The summed E-state index contributed by atoms with van der Waals surface area (Å²) in [6.45, 7) is 1.28. The summed E-state index contributed by atoms with van der Waals surface area (Å²) in [7, 11) is 3.42. The van der Waals surface area contributed by atoms with E-state index in [9.17, 15) is 4.79 Å². The van der Waals surface area contributed by atoms with Gasteiger partial charge in [-0.1, -0.05) is 24.3 Å². The third-order valence-corrected chi connectivity index (χ3v) is 4.34. The van der Waals surface area contributed by atoms with Crippen LogP contribution < -0.4 is 5.73 Å². The van der Waals surface area contributed by atoms with Crippen molar-refractivity contribution in [3.63, 3.8) is 0 Å². The second-order valence-electron chi connectivity index (χ2n) is 6.13. The van der Waals surface area contributed by atoms with Crippen LogP contribution in [-0.4, -0.2) is 39.2 Å². The van der Waals surface area contributed by atoms with Gasteiger partial charge >= 0.3 is 0 Å². The van der Waals surface area contributed by atoms with E-state index in [-0.39, 0.29) is 11.9 Å². The Labute approximate surface area is 141 Å². The van der Waals surface area contributed by atoms with Crippen LogP contribution in [0.3, 0.4) is 0 Å². The molecule has 0 saturated carbocycles. The van der Waals surface area contributed by atoms with Gasteiger partial charge < -0.3 is 15.4 Å². The van der Waals surface area contributed by atoms with Crippen LogP contribution in [-0.2, 0) is 29.6 Å². The summed E-state index contributed by atoms with van der Waals surface area (Å²) in [5, 5.41) is 4.34. The van der Waals surface area contributed by atoms with Crippen LogP contribution in [0.2, 0.25) is 0 Å². The lowest BCUT2D eigenvalue weighted by atomic mass is 10.1. The van der Waals surface area contributed by atoms with Crippen LogP contribution in [0, 0.1) is 0 Å². The van der Waals surface area contributed by atoms with Gasteiger partial charge in [-0.3, -0.25) is 4.79 Å². The lowest BCUT2D eigenvalue weighted by Gasteiger charge is -2.22. The van der Waals surface area contributed by atoms with Gasteiger partial charge in [-0.2, -0.15) is 10.1 Å². The van der Waals surface area contributed by atoms with Gasteiger partial charge in [0.2, 0.25) is 11.9 Å². The number of aryl methyl sites for hydroxylation is 1. The highest BCUT2D eigenvalue weighted by molar-refractivity contribution is 5.79. The van der Waals surface area contributed by atoms with E-state index in [1.165, 1.54) is 0 Å². The van der Waals surface area contributed by atoms with Gasteiger partial charge in [0.15, 0.2) is 5.82 Å². The predicted molar refractivity (Wildman–Crippen MR) is 90.0 cm³/mol. The van der Waals surface area contributed by atoms with E-state index in [0.29, 0.717) is 24.8 Å². The molecule has 1 atom stereocenters. The number of hydrogen-bond acceptors (Lipinski definition) is 5. The van der Waals surface area contributed by atoms with Gasteiger partial charge in [-0.25, -0.2) is 4.68 Å². The van der Waals surface area contributed by atoms with Gasteiger partial charge in [-0.15, -0.1) is 0 Å². The van der Waals surface area contributed by atoms with E-state index in [1.807, 2.05) is 29.2 Å². The molecule has 1 unspecified atom stereocenters. The number of nitrogens with zero attached hydrogens (tertiary/aromatic N) is 4. The molecule has 2 aromatic rings. The van der Waals surface area contributed by atoms with Gasteiger partial charge in [0.25, 0.3) is 0 Å². The van der Waals surface area contributed by atoms with Crippen LogP contribution in [0.25, 0.3) is 0 Å². The minimum absolute atomic E-state index is 0.0804. The summed E-state index contributed by atoms with van der Waals surface area (Å²) >= 11 is 0. The van der Waals surface area contributed by atoms with Crippen LogP contribution in [0.15, 0.2) is 24.3 Å². The molecule has 2 N–H and O–H groups in total. The first kappa shape index (κ1) is 16.4. The maximum atomic E-state index is 12.8. The van der Waals surface area contributed by atoms with Gasteiger partial charge in [-0.05, 0) is 24.0 Å². The summed E-state index contributed by atoms with van der Waals surface area (Å²) in [4.78, 5) is 18.9. The zero-order chi connectivity index (χ0) is 17.1. The number of hydrogen-bond donors (Lipinski definition) is 1. The molecule has 0 spiro atoms. The molecule has 1 aliphatic rings. The SMILES string of the molecule is COCc1cccc(CC(=O)N2CCCC2c2nc(N)n(C)n2)c1. The first-order valence-electron chi connectivity index (χ1n) is 8.11. The molecule has 7 heteroatoms. The van der Waals surface area contributed by atoms with Crippen molar-refractivity contribution >= 4 is 11.9 Å². The highest BCUT2D eigenvalue weighted by Gasteiger charge is 2.32. The Kier molecular flexibility index (Phi) is 4.80. The minimum Gasteiger partial charge on any atom is -0.380 e. The number of nitrogen functional groups attached to an aromatic ring is 1. The van der Waals surface area contributed by atoms with Crippen LogP contribution >= 0.6 is 0 Å². The number of amides is 1. The number of aromatic nitrogens is 3. The molecule has 1 aromatic carbocycles. The van der Waals surface area contributed by atoms with E-state index in [2.05, 4.69) is 10.1 Å². The van der Waals surface area contributed by atoms with Crippen molar-refractivity contribution < 1.29 is 9.53 Å². The van der Waals surface area contributed by atoms with Crippen molar-refractivity contribution in [1.82, 2.24) is 19.7 Å². The Morgan fingerprint density at radius 3 is 2.92 bits per heavy atom. The molecule has 128 valence electrons. The number of nitrogens with two attached hydrogens (primary N) is 1. The quantitative estimate of drug-likeness (QED) is 0.897. The summed E-state index contributed by atoms with van der Waals surface area (Å²) in [5.74, 6) is 1.10. The number of rotatable bonds is 5. The topological polar surface area (TPSA) is 86.3 Å². The molecule has 1 fully saturated rings. The second-order valence-corrected chi connectivity index (χ2v) is 6.13. The van der Waals surface area contributed by atoms with Crippen LogP contribution in [0.5, 0.6) is 0 Å². The number of likely N-dealkylation sites (tertiary alicyclic amines) is 1. The lowest BCUT2D eigenvalue weighted by molar-refractivity contribution is -0.131. The summed E-state index contributed by atoms with van der Waals surface area (Å²) < 4.78 is 6.70. The van der Waals surface area contributed by atoms with E-state index in [4.69, 9.17) is 10.5 Å². The normalized spacial score (nSPS) is 17.4. The summed E-state index contributed by atoms with van der Waals surface area (Å²) in [6, 6.07) is 7.86. The summed E-state index contributed by atoms with van der Waals surface area (Å²) in [6.07, 6.45) is 2.20. The highest BCUT2D eigenvalue weighted by atomic mass is 16.5. The number of methoxy groups -OCH3 is 1. The Hall–Kier alpha value is -2.41. The Morgan fingerprint density at radius 2 is 2.21 bits per heavy atom. The minimum atomic E-state index is -0.0804. The Morgan fingerprint density at radius 1 is 1.42 bits per heavy atom. The average Bonchev–Trinajstić information content (AvgIpc) is 3.15. The monoisotopic (exact) mass is 329 g/mol. The first-order valence-corrected chi connectivity index (χ1v) is 8.11. The van der Waals surface area contributed by atoms with Crippen molar-refractivity contribution in [3.05, 3.63) is 41.2 Å². The Balaban J connectivity index is 1.73. The molecule has 24 heavy (non-hydrogen) atoms. The maximum absolute atomic E-state index is 12.8. The number of ether oxygens (including phenoxy) is 1. The molecule has 1 aromatic heterocycles. The lowest BCUT2D eigenvalue weighted by Crippen LogP contribution is -2.32. The molecule has 3 rings (SSSR count). The zero-order valence-electron chi connectivity index (χ0n) is 14.1. The fraction of sp³-hybridized carbons (Fsp3) is 0.471. The number of benzene rings is 1. The fourth-order valence-electron chi connectivity index (χ4n) is 3.16.